The predicted octanol–water partition coefficient (Wildman–Crippen LogP) is 1.95. The standard InChI is InChI=1S/C10H13BrN2O/c11-7-3-4-9(13)8(6-7)10(14)2-1-5-12/h3-4,6H,1-2,5,12-13H2. The van der Waals surface area contributed by atoms with E-state index in [1.165, 1.54) is 0 Å². The first kappa shape index (κ1) is 11.2. The Labute approximate surface area is 91.6 Å². The summed E-state index contributed by atoms with van der Waals surface area (Å²) in [6.45, 7) is 0.527. The summed E-state index contributed by atoms with van der Waals surface area (Å²) < 4.78 is 0.864. The van der Waals surface area contributed by atoms with Crippen molar-refractivity contribution < 1.29 is 4.79 Å². The van der Waals surface area contributed by atoms with Gasteiger partial charge in [0.25, 0.3) is 0 Å². The summed E-state index contributed by atoms with van der Waals surface area (Å²) in [5.74, 6) is 0.0502. The second kappa shape index (κ2) is 5.12. The van der Waals surface area contributed by atoms with Crippen LogP contribution in [-0.4, -0.2) is 12.3 Å². The number of ketones is 1. The zero-order valence-electron chi connectivity index (χ0n) is 7.79. The number of hydrogen-bond acceptors (Lipinski definition) is 3. The molecule has 1 aromatic rings. The summed E-state index contributed by atoms with van der Waals surface area (Å²) in [7, 11) is 0. The zero-order valence-corrected chi connectivity index (χ0v) is 9.38. The van der Waals surface area contributed by atoms with Gasteiger partial charge in [0.2, 0.25) is 0 Å². The van der Waals surface area contributed by atoms with Crippen molar-refractivity contribution in [3.05, 3.63) is 28.2 Å². The number of Topliss-reactive ketones (excluding diaryl/α,β-unsaturated/α-hetero) is 1. The number of hydrogen-bond donors (Lipinski definition) is 2. The van der Waals surface area contributed by atoms with E-state index in [0.29, 0.717) is 30.6 Å². The summed E-state index contributed by atoms with van der Waals surface area (Å²) in [6.07, 6.45) is 1.15. The SMILES string of the molecule is NCCCC(=O)c1cc(Br)ccc1N. The molecule has 0 atom stereocenters. The number of carbonyl (C=O) groups excluding carboxylic acids is 1. The van der Waals surface area contributed by atoms with Gasteiger partial charge < -0.3 is 11.5 Å². The van der Waals surface area contributed by atoms with Crippen LogP contribution in [0.2, 0.25) is 0 Å². The van der Waals surface area contributed by atoms with E-state index in [0.717, 1.165) is 4.47 Å². The van der Waals surface area contributed by atoms with Crippen LogP contribution in [0.5, 0.6) is 0 Å². The van der Waals surface area contributed by atoms with Crippen molar-refractivity contribution in [1.82, 2.24) is 0 Å². The number of rotatable bonds is 4. The molecule has 0 aliphatic rings. The van der Waals surface area contributed by atoms with Gasteiger partial charge in [-0.05, 0) is 31.2 Å². The van der Waals surface area contributed by atoms with Gasteiger partial charge in [-0.25, -0.2) is 0 Å². The molecule has 1 aromatic carbocycles. The van der Waals surface area contributed by atoms with Crippen LogP contribution in [0.25, 0.3) is 0 Å². The molecule has 0 amide bonds. The fourth-order valence-electron chi connectivity index (χ4n) is 1.17. The molecule has 0 fully saturated rings. The number of nitrogen functional groups attached to an aromatic ring is 1. The Hall–Kier alpha value is -0.870. The van der Waals surface area contributed by atoms with E-state index >= 15 is 0 Å². The number of benzene rings is 1. The monoisotopic (exact) mass is 256 g/mol. The maximum atomic E-state index is 11.6. The minimum absolute atomic E-state index is 0.0502. The van der Waals surface area contributed by atoms with E-state index < -0.39 is 0 Å². The highest BCUT2D eigenvalue weighted by molar-refractivity contribution is 9.10. The van der Waals surface area contributed by atoms with Crippen LogP contribution in [0.3, 0.4) is 0 Å². The minimum Gasteiger partial charge on any atom is -0.398 e. The molecule has 0 saturated carbocycles. The van der Waals surface area contributed by atoms with Crippen LogP contribution in [0.1, 0.15) is 23.2 Å². The molecular formula is C10H13BrN2O. The third-order valence-electron chi connectivity index (χ3n) is 1.92. The highest BCUT2D eigenvalue weighted by Gasteiger charge is 2.09. The molecular weight excluding hydrogens is 244 g/mol. The van der Waals surface area contributed by atoms with Crippen molar-refractivity contribution in [3.8, 4) is 0 Å². The first-order chi connectivity index (χ1) is 6.65. The van der Waals surface area contributed by atoms with E-state index in [4.69, 9.17) is 11.5 Å². The second-order valence-electron chi connectivity index (χ2n) is 3.05. The molecule has 76 valence electrons. The lowest BCUT2D eigenvalue weighted by molar-refractivity contribution is 0.0981. The molecule has 14 heavy (non-hydrogen) atoms. The fraction of sp³-hybridized carbons (Fsp3) is 0.300. The van der Waals surface area contributed by atoms with Gasteiger partial charge in [0.05, 0.1) is 0 Å². The lowest BCUT2D eigenvalue weighted by Crippen LogP contribution is -2.07. The highest BCUT2D eigenvalue weighted by atomic mass is 79.9. The topological polar surface area (TPSA) is 69.1 Å². The van der Waals surface area contributed by atoms with E-state index in [2.05, 4.69) is 15.9 Å². The minimum atomic E-state index is 0.0502. The van der Waals surface area contributed by atoms with Crippen LogP contribution in [0, 0.1) is 0 Å². The van der Waals surface area contributed by atoms with Crippen LogP contribution >= 0.6 is 15.9 Å². The van der Waals surface area contributed by atoms with Gasteiger partial charge in [-0.2, -0.15) is 0 Å². The average Bonchev–Trinajstić information content (AvgIpc) is 2.18. The van der Waals surface area contributed by atoms with Crippen LogP contribution in [-0.2, 0) is 0 Å². The van der Waals surface area contributed by atoms with Crippen LogP contribution in [0.15, 0.2) is 22.7 Å². The molecule has 0 radical (unpaired) electrons. The Bertz CT molecular complexity index is 339. The number of halogens is 1. The summed E-state index contributed by atoms with van der Waals surface area (Å²) in [5, 5.41) is 0. The van der Waals surface area contributed by atoms with Crippen LogP contribution < -0.4 is 11.5 Å². The normalized spacial score (nSPS) is 10.1. The van der Waals surface area contributed by atoms with E-state index in [9.17, 15) is 4.79 Å². The van der Waals surface area contributed by atoms with Crippen LogP contribution in [0.4, 0.5) is 5.69 Å². The number of carbonyl (C=O) groups is 1. The first-order valence-electron chi connectivity index (χ1n) is 4.43. The molecule has 0 heterocycles. The molecule has 0 aliphatic heterocycles. The summed E-state index contributed by atoms with van der Waals surface area (Å²) >= 11 is 3.30. The Balaban J connectivity index is 2.83. The van der Waals surface area contributed by atoms with Gasteiger partial charge in [-0.15, -0.1) is 0 Å². The Morgan fingerprint density at radius 3 is 2.79 bits per heavy atom. The quantitative estimate of drug-likeness (QED) is 0.639. The van der Waals surface area contributed by atoms with Gasteiger partial charge >= 0.3 is 0 Å². The van der Waals surface area contributed by atoms with Crippen molar-refractivity contribution >= 4 is 27.4 Å². The van der Waals surface area contributed by atoms with Crippen molar-refractivity contribution in [2.24, 2.45) is 5.73 Å². The smallest absolute Gasteiger partial charge is 0.165 e. The van der Waals surface area contributed by atoms with E-state index in [-0.39, 0.29) is 5.78 Å². The molecule has 0 saturated heterocycles. The fourth-order valence-corrected chi connectivity index (χ4v) is 1.53. The molecule has 0 spiro atoms. The van der Waals surface area contributed by atoms with Crippen molar-refractivity contribution in [2.75, 3.05) is 12.3 Å². The Kier molecular flexibility index (Phi) is 4.10. The second-order valence-corrected chi connectivity index (χ2v) is 3.96. The molecule has 1 rings (SSSR count). The third-order valence-corrected chi connectivity index (χ3v) is 2.42. The first-order valence-corrected chi connectivity index (χ1v) is 5.22. The third kappa shape index (κ3) is 2.82. The highest BCUT2D eigenvalue weighted by Crippen LogP contribution is 2.20. The van der Waals surface area contributed by atoms with Gasteiger partial charge in [0.1, 0.15) is 0 Å². The van der Waals surface area contributed by atoms with Crippen molar-refractivity contribution in [2.45, 2.75) is 12.8 Å². The number of nitrogens with two attached hydrogens (primary N) is 2. The molecule has 0 aromatic heterocycles. The summed E-state index contributed by atoms with van der Waals surface area (Å²) in [6, 6.07) is 5.28. The lowest BCUT2D eigenvalue weighted by atomic mass is 10.1. The van der Waals surface area contributed by atoms with Gasteiger partial charge in [-0.3, -0.25) is 4.79 Å². The molecule has 0 aliphatic carbocycles. The maximum absolute atomic E-state index is 11.6. The van der Waals surface area contributed by atoms with Crippen molar-refractivity contribution in [1.29, 1.82) is 0 Å². The molecule has 3 nitrogen and oxygen atoms in total. The van der Waals surface area contributed by atoms with Gasteiger partial charge in [0, 0.05) is 22.1 Å². The summed E-state index contributed by atoms with van der Waals surface area (Å²) in [5.41, 5.74) is 12.1. The molecule has 0 unspecified atom stereocenters. The largest absolute Gasteiger partial charge is 0.398 e. The Morgan fingerprint density at radius 2 is 2.14 bits per heavy atom. The van der Waals surface area contributed by atoms with Gasteiger partial charge in [-0.1, -0.05) is 15.9 Å². The molecule has 0 bridgehead atoms. The number of anilines is 1. The predicted molar refractivity (Wildman–Crippen MR) is 61.2 cm³/mol. The Morgan fingerprint density at radius 1 is 1.43 bits per heavy atom. The van der Waals surface area contributed by atoms with Crippen molar-refractivity contribution in [3.63, 3.8) is 0 Å². The zero-order chi connectivity index (χ0) is 10.6. The summed E-state index contributed by atoms with van der Waals surface area (Å²) in [4.78, 5) is 11.6. The van der Waals surface area contributed by atoms with E-state index in [1.807, 2.05) is 6.07 Å². The molecule has 4 N–H and O–H groups in total. The maximum Gasteiger partial charge on any atom is 0.165 e. The van der Waals surface area contributed by atoms with E-state index in [1.54, 1.807) is 12.1 Å². The van der Waals surface area contributed by atoms with Gasteiger partial charge in [0.15, 0.2) is 5.78 Å². The average molecular weight is 257 g/mol. The molecule has 4 heteroatoms. The lowest BCUT2D eigenvalue weighted by Gasteiger charge is -2.04.